The molecule has 0 spiro atoms. The number of amidine groups is 1. The van der Waals surface area contributed by atoms with Gasteiger partial charge in [0.25, 0.3) is 5.69 Å². The van der Waals surface area contributed by atoms with Crippen LogP contribution in [0.1, 0.15) is 5.56 Å². The van der Waals surface area contributed by atoms with Gasteiger partial charge in [-0.25, -0.2) is 5.06 Å². The molecule has 0 aromatic heterocycles. The topological polar surface area (TPSA) is 91.0 Å². The first-order chi connectivity index (χ1) is 10.5. The molecule has 1 aliphatic heterocycles. The lowest BCUT2D eigenvalue weighted by Crippen LogP contribution is -2.32. The number of rotatable bonds is 2. The highest BCUT2D eigenvalue weighted by Crippen LogP contribution is 2.37. The quantitative estimate of drug-likeness (QED) is 0.640. The highest BCUT2D eigenvalue weighted by molar-refractivity contribution is 6.42. The van der Waals surface area contributed by atoms with E-state index in [0.717, 1.165) is 5.06 Å². The maximum atomic E-state index is 10.8. The number of nitrogens with one attached hydrogen (secondary N) is 1. The van der Waals surface area contributed by atoms with Crippen molar-refractivity contribution < 1.29 is 10.1 Å². The molecule has 0 unspecified atom stereocenters. The van der Waals surface area contributed by atoms with Crippen molar-refractivity contribution in [1.82, 2.24) is 0 Å². The van der Waals surface area contributed by atoms with Crippen molar-refractivity contribution >= 4 is 46.1 Å². The van der Waals surface area contributed by atoms with Crippen LogP contribution in [0.5, 0.6) is 0 Å². The molecule has 2 N–H and O–H groups in total. The maximum Gasteiger partial charge on any atom is 0.270 e. The number of hydrazone groups is 1. The first-order valence-electron chi connectivity index (χ1n) is 6.04. The lowest BCUT2D eigenvalue weighted by molar-refractivity contribution is -0.384. The summed E-state index contributed by atoms with van der Waals surface area (Å²) in [6.45, 7) is 0. The van der Waals surface area contributed by atoms with Gasteiger partial charge in [-0.2, -0.15) is 5.10 Å². The Hall–Kier alpha value is -2.35. The first kappa shape index (κ1) is 14.6. The van der Waals surface area contributed by atoms with Gasteiger partial charge in [0.05, 0.1) is 26.3 Å². The summed E-state index contributed by atoms with van der Waals surface area (Å²) in [6, 6.07) is 8.76. The van der Waals surface area contributed by atoms with Crippen molar-refractivity contribution in [1.29, 1.82) is 0 Å². The van der Waals surface area contributed by atoms with Crippen LogP contribution in [0, 0.1) is 10.1 Å². The van der Waals surface area contributed by atoms with Crippen molar-refractivity contribution in [3.63, 3.8) is 0 Å². The third-order valence-electron chi connectivity index (χ3n) is 3.06. The molecule has 0 aliphatic carbocycles. The fourth-order valence-electron chi connectivity index (χ4n) is 2.02. The van der Waals surface area contributed by atoms with Crippen LogP contribution in [0.3, 0.4) is 0 Å². The molecule has 0 saturated carbocycles. The number of nitrogens with zero attached hydrogens (tertiary/aromatic N) is 3. The molecule has 3 rings (SSSR count). The second-order valence-corrected chi connectivity index (χ2v) is 5.26. The van der Waals surface area contributed by atoms with E-state index in [2.05, 4.69) is 10.5 Å². The van der Waals surface area contributed by atoms with E-state index in [0.29, 0.717) is 22.0 Å². The molecular formula is C13H8Cl2N4O3. The van der Waals surface area contributed by atoms with E-state index in [1.807, 2.05) is 0 Å². The molecular weight excluding hydrogens is 331 g/mol. The Morgan fingerprint density at radius 2 is 1.95 bits per heavy atom. The average molecular weight is 339 g/mol. The molecule has 0 amide bonds. The Morgan fingerprint density at radius 3 is 2.68 bits per heavy atom. The van der Waals surface area contributed by atoms with Gasteiger partial charge in [0.1, 0.15) is 0 Å². The van der Waals surface area contributed by atoms with Gasteiger partial charge in [0.15, 0.2) is 5.84 Å². The van der Waals surface area contributed by atoms with E-state index in [1.54, 1.807) is 6.07 Å². The maximum absolute atomic E-state index is 10.8. The molecule has 0 saturated heterocycles. The molecule has 9 heteroatoms. The molecule has 112 valence electrons. The van der Waals surface area contributed by atoms with E-state index >= 15 is 0 Å². The molecule has 0 bridgehead atoms. The molecule has 2 aromatic carbocycles. The van der Waals surface area contributed by atoms with Crippen LogP contribution in [-0.4, -0.2) is 16.0 Å². The number of nitro groups is 1. The van der Waals surface area contributed by atoms with Crippen molar-refractivity contribution in [3.05, 3.63) is 62.1 Å². The van der Waals surface area contributed by atoms with E-state index in [-0.39, 0.29) is 16.5 Å². The monoisotopic (exact) mass is 338 g/mol. The molecule has 0 radical (unpaired) electrons. The fraction of sp³-hybridized carbons (Fsp3) is 0. The SMILES string of the molecule is O=[N+]([O-])c1cccc(C2=NNc3cc(Cl)c(Cl)cc3N2O)c1. The minimum atomic E-state index is -0.521. The fourth-order valence-corrected chi connectivity index (χ4v) is 2.34. The number of hydrogen-bond acceptors (Lipinski definition) is 6. The average Bonchev–Trinajstić information content (AvgIpc) is 2.50. The summed E-state index contributed by atoms with van der Waals surface area (Å²) in [7, 11) is 0. The van der Waals surface area contributed by atoms with Gasteiger partial charge in [-0.15, -0.1) is 0 Å². The Balaban J connectivity index is 2.04. The standard InChI is InChI=1S/C13H8Cl2N4O3/c14-9-5-11-12(6-10(9)15)18(20)13(17-16-11)7-2-1-3-8(4-7)19(21)22/h1-6,16,20H. The van der Waals surface area contributed by atoms with Crippen LogP contribution in [0.4, 0.5) is 17.1 Å². The summed E-state index contributed by atoms with van der Waals surface area (Å²) in [5, 5.41) is 26.5. The first-order valence-corrected chi connectivity index (χ1v) is 6.79. The minimum Gasteiger partial charge on any atom is -0.282 e. The summed E-state index contributed by atoms with van der Waals surface area (Å²) >= 11 is 11.9. The van der Waals surface area contributed by atoms with Crippen molar-refractivity contribution in [2.45, 2.75) is 0 Å². The molecule has 1 heterocycles. The van der Waals surface area contributed by atoms with Gasteiger partial charge in [-0.1, -0.05) is 35.3 Å². The lowest BCUT2D eigenvalue weighted by atomic mass is 10.1. The Kier molecular flexibility index (Phi) is 3.61. The summed E-state index contributed by atoms with van der Waals surface area (Å²) in [4.78, 5) is 10.3. The van der Waals surface area contributed by atoms with Crippen molar-refractivity contribution in [3.8, 4) is 0 Å². The zero-order valence-corrected chi connectivity index (χ0v) is 12.3. The smallest absolute Gasteiger partial charge is 0.270 e. The van der Waals surface area contributed by atoms with Crippen LogP contribution < -0.4 is 10.5 Å². The third-order valence-corrected chi connectivity index (χ3v) is 3.79. The predicted octanol–water partition coefficient (Wildman–Crippen LogP) is 3.88. The zero-order chi connectivity index (χ0) is 15.9. The van der Waals surface area contributed by atoms with Gasteiger partial charge < -0.3 is 0 Å². The van der Waals surface area contributed by atoms with E-state index in [1.165, 1.54) is 30.3 Å². The number of benzene rings is 2. The number of non-ortho nitro benzene ring substituents is 1. The van der Waals surface area contributed by atoms with E-state index in [4.69, 9.17) is 23.2 Å². The number of hydrogen-bond donors (Lipinski definition) is 2. The molecule has 7 nitrogen and oxygen atoms in total. The summed E-state index contributed by atoms with van der Waals surface area (Å²) in [6.07, 6.45) is 0. The summed E-state index contributed by atoms with van der Waals surface area (Å²) in [5.41, 5.74) is 3.81. The number of nitro benzene ring substituents is 1. The summed E-state index contributed by atoms with van der Waals surface area (Å²) in [5.74, 6) is 0.106. The highest BCUT2D eigenvalue weighted by atomic mass is 35.5. The number of anilines is 2. The van der Waals surface area contributed by atoms with E-state index in [9.17, 15) is 15.3 Å². The summed E-state index contributed by atoms with van der Waals surface area (Å²) < 4.78 is 0. The molecule has 0 atom stereocenters. The lowest BCUT2D eigenvalue weighted by Gasteiger charge is -2.26. The van der Waals surface area contributed by atoms with Crippen LogP contribution in [0.15, 0.2) is 41.5 Å². The number of hydroxylamine groups is 1. The van der Waals surface area contributed by atoms with Gasteiger partial charge >= 0.3 is 0 Å². The molecule has 1 aliphatic rings. The van der Waals surface area contributed by atoms with Gasteiger partial charge in [-0.05, 0) is 12.1 Å². The van der Waals surface area contributed by atoms with Crippen LogP contribution in [0.25, 0.3) is 0 Å². The Morgan fingerprint density at radius 1 is 1.23 bits per heavy atom. The third kappa shape index (κ3) is 2.45. The van der Waals surface area contributed by atoms with Crippen LogP contribution >= 0.6 is 23.2 Å². The van der Waals surface area contributed by atoms with Gasteiger partial charge in [0.2, 0.25) is 0 Å². The van der Waals surface area contributed by atoms with Crippen LogP contribution in [0.2, 0.25) is 10.0 Å². The molecule has 22 heavy (non-hydrogen) atoms. The minimum absolute atomic E-state index is 0.103. The predicted molar refractivity (Wildman–Crippen MR) is 84.0 cm³/mol. The zero-order valence-electron chi connectivity index (χ0n) is 10.8. The van der Waals surface area contributed by atoms with Gasteiger partial charge in [-0.3, -0.25) is 20.7 Å². The van der Waals surface area contributed by atoms with Crippen LogP contribution in [-0.2, 0) is 0 Å². The normalized spacial score (nSPS) is 13.2. The second-order valence-electron chi connectivity index (χ2n) is 4.45. The highest BCUT2D eigenvalue weighted by Gasteiger charge is 2.24. The second kappa shape index (κ2) is 5.45. The van der Waals surface area contributed by atoms with Crippen molar-refractivity contribution in [2.75, 3.05) is 10.5 Å². The Bertz CT molecular complexity index is 810. The Labute approximate surface area is 134 Å². The largest absolute Gasteiger partial charge is 0.282 e. The van der Waals surface area contributed by atoms with Gasteiger partial charge in [0, 0.05) is 17.7 Å². The number of halogens is 2. The molecule has 0 fully saturated rings. The van der Waals surface area contributed by atoms with Crippen molar-refractivity contribution in [2.24, 2.45) is 5.10 Å². The van der Waals surface area contributed by atoms with E-state index < -0.39 is 4.92 Å². The number of fused-ring (bicyclic) bond motifs is 1. The molecule has 2 aromatic rings.